The molecular weight excluding hydrogens is 974 g/mol. The lowest BCUT2D eigenvalue weighted by molar-refractivity contribution is -0.140. The van der Waals surface area contributed by atoms with Gasteiger partial charge in [0.15, 0.2) is 5.82 Å². The van der Waals surface area contributed by atoms with Crippen LogP contribution in [0.3, 0.4) is 0 Å². The molecule has 2 aliphatic rings. The molecule has 0 aliphatic carbocycles. The van der Waals surface area contributed by atoms with E-state index in [1.807, 2.05) is 38.1 Å². The number of anilines is 1. The number of thiol groups is 1. The van der Waals surface area contributed by atoms with Gasteiger partial charge in [0.1, 0.15) is 40.9 Å². The molecular formula is C51H51F3N8O8S2. The van der Waals surface area contributed by atoms with E-state index in [9.17, 15) is 32.3 Å². The Kier molecular flexibility index (Phi) is 14.9. The number of aromatic amines is 1. The monoisotopic (exact) mass is 1020 g/mol. The molecule has 5 atom stereocenters. The number of benzene rings is 3. The number of nitrogens with zero attached hydrogens (tertiary/aromatic N) is 6. The third-order valence-corrected chi connectivity index (χ3v) is 14.8. The number of ether oxygens (including phenoxy) is 1. The largest absolute Gasteiger partial charge is 0.494 e. The summed E-state index contributed by atoms with van der Waals surface area (Å²) in [6, 6.07) is 18.8. The number of ketones is 1. The Morgan fingerprint density at radius 1 is 1.00 bits per heavy atom. The first-order valence-corrected chi connectivity index (χ1v) is 25.4. The number of carbonyl (C=O) groups excluding carboxylic acids is 3. The van der Waals surface area contributed by atoms with Gasteiger partial charge in [-0.05, 0) is 93.5 Å². The molecule has 0 saturated carbocycles. The number of rotatable bonds is 18. The lowest BCUT2D eigenvalue weighted by Crippen LogP contribution is -2.48. The van der Waals surface area contributed by atoms with E-state index in [0.717, 1.165) is 38.8 Å². The zero-order chi connectivity index (χ0) is 50.8. The van der Waals surface area contributed by atoms with Crippen LogP contribution in [-0.2, 0) is 20.5 Å². The Morgan fingerprint density at radius 3 is 2.44 bits per heavy atom. The van der Waals surface area contributed by atoms with E-state index < -0.39 is 63.8 Å². The van der Waals surface area contributed by atoms with Gasteiger partial charge in [-0.15, -0.1) is 11.3 Å². The van der Waals surface area contributed by atoms with Crippen molar-refractivity contribution in [3.05, 3.63) is 136 Å². The summed E-state index contributed by atoms with van der Waals surface area (Å²) < 4.78 is 81.9. The second-order valence-electron chi connectivity index (χ2n) is 18.0. The fourth-order valence-corrected chi connectivity index (χ4v) is 10.8. The minimum atomic E-state index is -3.51. The molecule has 2 fully saturated rings. The van der Waals surface area contributed by atoms with E-state index >= 15 is 8.78 Å². The van der Waals surface area contributed by atoms with Crippen molar-refractivity contribution in [2.24, 2.45) is 0 Å². The molecule has 9 rings (SSSR count). The van der Waals surface area contributed by atoms with Crippen molar-refractivity contribution in [1.29, 1.82) is 0 Å². The second kappa shape index (κ2) is 21.4. The molecule has 2 saturated heterocycles. The van der Waals surface area contributed by atoms with E-state index in [1.165, 1.54) is 11.1 Å². The lowest BCUT2D eigenvalue weighted by atomic mass is 9.96. The molecule has 0 radical (unpaired) electrons. The van der Waals surface area contributed by atoms with E-state index in [-0.39, 0.29) is 66.9 Å². The maximum atomic E-state index is 16.0. The fraction of sp³-hybridized carbons (Fsp3) is 0.333. The molecule has 2 amide bonds. The van der Waals surface area contributed by atoms with E-state index in [1.54, 1.807) is 66.4 Å². The van der Waals surface area contributed by atoms with Crippen molar-refractivity contribution in [2.45, 2.75) is 83.2 Å². The minimum absolute atomic E-state index is 0.00210. The van der Waals surface area contributed by atoms with Crippen LogP contribution in [0.5, 0.6) is 5.75 Å². The van der Waals surface area contributed by atoms with Gasteiger partial charge in [-0.25, -0.2) is 36.6 Å². The molecule has 4 aromatic heterocycles. The van der Waals surface area contributed by atoms with Crippen LogP contribution in [-0.4, -0.2) is 106 Å². The summed E-state index contributed by atoms with van der Waals surface area (Å²) in [7, 11) is -3.51. The highest BCUT2D eigenvalue weighted by molar-refractivity contribution is 7.73. The third kappa shape index (κ3) is 10.5. The van der Waals surface area contributed by atoms with Crippen molar-refractivity contribution in [3.63, 3.8) is 0 Å². The number of hydrogen-bond acceptors (Lipinski definition) is 13. The molecule has 2 aliphatic heterocycles. The standard InChI is InChI=1S/C51H51F3N8O8S2/c1-28-20-44(70-59-28)38(51(66)61-26-36(63)22-43(61)50(65)58-29(2)31-7-9-33(10-8-31)48-30(3)57-27-71-48)6-4-5-19-69-37-13-11-32(12-14-37)34-21-39-40(24-56-49(39)55-23-34)47(64)45-41(53)15-16-42(46(45)54)62(72(67)68)60-18-17-35(52)25-60/h7-16,20-21,23-24,27,29,35-36,38,43,63,72H,4-6,17-19,22,25-26H2,1-3H3,(H,55,56)(H,58,65)/t29-,35+,36+,38+,43-/m0/s1. The third-order valence-electron chi connectivity index (χ3n) is 13.1. The van der Waals surface area contributed by atoms with Gasteiger partial charge >= 0.3 is 0 Å². The summed E-state index contributed by atoms with van der Waals surface area (Å²) in [6.45, 7) is 5.57. The number of aliphatic hydroxyl groups excluding tert-OH is 1. The molecule has 72 heavy (non-hydrogen) atoms. The van der Waals surface area contributed by atoms with Crippen molar-refractivity contribution >= 4 is 56.5 Å². The summed E-state index contributed by atoms with van der Waals surface area (Å²) in [4.78, 5) is 56.1. The van der Waals surface area contributed by atoms with Crippen LogP contribution >= 0.6 is 11.3 Å². The zero-order valence-electron chi connectivity index (χ0n) is 39.4. The Labute approximate surface area is 417 Å². The van der Waals surface area contributed by atoms with Gasteiger partial charge in [0, 0.05) is 54.5 Å². The number of pyridine rings is 1. The number of fused-ring (bicyclic) bond motifs is 1. The predicted octanol–water partition coefficient (Wildman–Crippen LogP) is 7.93. The molecule has 21 heteroatoms. The van der Waals surface area contributed by atoms with E-state index in [4.69, 9.17) is 9.26 Å². The Balaban J connectivity index is 0.819. The number of hydrazine groups is 1. The Hall–Kier alpha value is -6.94. The van der Waals surface area contributed by atoms with E-state index in [0.29, 0.717) is 58.6 Å². The smallest absolute Gasteiger partial charge is 0.243 e. The van der Waals surface area contributed by atoms with Crippen molar-refractivity contribution in [3.8, 4) is 27.3 Å². The number of unbranched alkanes of at least 4 members (excludes halogenated alkanes) is 1. The van der Waals surface area contributed by atoms with Crippen LogP contribution in [0.25, 0.3) is 32.6 Å². The van der Waals surface area contributed by atoms with Crippen LogP contribution in [0.4, 0.5) is 18.9 Å². The number of H-pyrrole nitrogens is 1. The van der Waals surface area contributed by atoms with Gasteiger partial charge < -0.3 is 29.6 Å². The first-order chi connectivity index (χ1) is 34.6. The van der Waals surface area contributed by atoms with Crippen molar-refractivity contribution in [2.75, 3.05) is 30.7 Å². The number of amides is 2. The minimum Gasteiger partial charge on any atom is -0.494 e. The number of β-amino-alcohol motifs (C(OH)–C–C–N with tert-alkyl or cyclic N) is 1. The number of nitrogens with one attached hydrogen (secondary N) is 2. The quantitative estimate of drug-likeness (QED) is 0.0368. The summed E-state index contributed by atoms with van der Waals surface area (Å²) in [5.74, 6) is -4.20. The van der Waals surface area contributed by atoms with Crippen molar-refractivity contribution in [1.82, 2.24) is 35.3 Å². The molecule has 0 spiro atoms. The van der Waals surface area contributed by atoms with Gasteiger partial charge in [-0.2, -0.15) is 4.41 Å². The number of halogens is 3. The molecule has 376 valence electrons. The number of carbonyl (C=O) groups is 3. The fourth-order valence-electron chi connectivity index (χ4n) is 9.32. The van der Waals surface area contributed by atoms with Crippen LogP contribution in [0.1, 0.15) is 89.6 Å². The zero-order valence-corrected chi connectivity index (χ0v) is 41.1. The van der Waals surface area contributed by atoms with Gasteiger partial charge in [0.05, 0.1) is 58.6 Å². The molecule has 0 bridgehead atoms. The number of likely N-dealkylation sites (tertiary alicyclic amines) is 1. The lowest BCUT2D eigenvalue weighted by Gasteiger charge is -2.28. The summed E-state index contributed by atoms with van der Waals surface area (Å²) in [5, 5.41) is 19.2. The highest BCUT2D eigenvalue weighted by Gasteiger charge is 2.43. The average molecular weight is 1030 g/mol. The normalized spacial score (nSPS) is 17.9. The molecule has 3 N–H and O–H groups in total. The Bertz CT molecular complexity index is 3190. The van der Waals surface area contributed by atoms with Crippen LogP contribution in [0.2, 0.25) is 0 Å². The maximum Gasteiger partial charge on any atom is 0.243 e. The number of aryl methyl sites for hydroxylation is 2. The van der Waals surface area contributed by atoms with Crippen molar-refractivity contribution < 1.29 is 50.3 Å². The first kappa shape index (κ1) is 50.0. The first-order valence-electron chi connectivity index (χ1n) is 23.4. The number of thiazole rings is 1. The summed E-state index contributed by atoms with van der Waals surface area (Å²) in [5.41, 5.74) is 5.14. The van der Waals surface area contributed by atoms with Gasteiger partial charge in [-0.1, -0.05) is 41.6 Å². The van der Waals surface area contributed by atoms with Crippen LogP contribution < -0.4 is 14.5 Å². The number of aliphatic hydroxyl groups is 1. The molecule has 7 aromatic rings. The summed E-state index contributed by atoms with van der Waals surface area (Å²) >= 11 is 1.56. The number of aromatic nitrogens is 4. The Morgan fingerprint density at radius 2 is 1.76 bits per heavy atom. The molecule has 16 nitrogen and oxygen atoms in total. The molecule has 6 heterocycles. The average Bonchev–Trinajstić information content (AvgIpc) is 4.23. The highest BCUT2D eigenvalue weighted by atomic mass is 32.2. The molecule has 0 unspecified atom stereocenters. The number of alkyl halides is 1. The van der Waals surface area contributed by atoms with Gasteiger partial charge in [0.25, 0.3) is 0 Å². The topological polar surface area (TPSA) is 204 Å². The highest BCUT2D eigenvalue weighted by Crippen LogP contribution is 2.35. The van der Waals surface area contributed by atoms with Gasteiger partial charge in [0.2, 0.25) is 28.5 Å². The SMILES string of the molecule is Cc1cc([C@@H](CCCCOc2ccc(-c3cnc4[nH]cc(C(=O)c5c(F)ccc(N(N6CC[C@@H](F)C6)[SH](=O)=O)c5F)c4c3)cc2)C(=O)N2C[C@H](O)C[C@H]2C(=O)N[C@@H](C)c2ccc(-c3scnc3C)cc2)on1. The molecule has 3 aromatic carbocycles. The van der Waals surface area contributed by atoms with Gasteiger partial charge in [-0.3, -0.25) is 14.4 Å². The van der Waals surface area contributed by atoms with Crippen LogP contribution in [0.15, 0.2) is 95.2 Å². The van der Waals surface area contributed by atoms with Crippen LogP contribution in [0, 0.1) is 25.5 Å². The second-order valence-corrected chi connectivity index (χ2v) is 19.7. The maximum absolute atomic E-state index is 16.0. The number of hydrogen-bond donors (Lipinski definition) is 4. The summed E-state index contributed by atoms with van der Waals surface area (Å²) in [6.07, 6.45) is 2.22. The predicted molar refractivity (Wildman–Crippen MR) is 263 cm³/mol. The van der Waals surface area contributed by atoms with E-state index in [2.05, 4.69) is 25.4 Å².